The van der Waals surface area contributed by atoms with Crippen LogP contribution in [0.15, 0.2) is 60.7 Å². The summed E-state index contributed by atoms with van der Waals surface area (Å²) in [5.41, 5.74) is 5.28. The highest BCUT2D eigenvalue weighted by atomic mass is 15.1. The van der Waals surface area contributed by atoms with Crippen molar-refractivity contribution in [2.75, 3.05) is 19.6 Å². The average Bonchev–Trinajstić information content (AvgIpc) is 2.61. The SMILES string of the molecule is C/C(=C\CN1CCCCC1)c1ccc(-c2ccccc2)cc1. The lowest BCUT2D eigenvalue weighted by atomic mass is 10.0. The molecule has 0 bridgehead atoms. The standard InChI is InChI=1S/C21H25N/c1-18(14-17-22-15-6-3-7-16-22)19-10-12-21(13-11-19)20-8-4-2-5-9-20/h2,4-5,8-14H,3,6-7,15-17H2,1H3/b18-14+. The van der Waals surface area contributed by atoms with Crippen LogP contribution in [-0.4, -0.2) is 24.5 Å². The Labute approximate surface area is 134 Å². The highest BCUT2D eigenvalue weighted by molar-refractivity contribution is 5.69. The minimum absolute atomic E-state index is 1.09. The summed E-state index contributed by atoms with van der Waals surface area (Å²) in [5.74, 6) is 0. The Morgan fingerprint density at radius 2 is 1.50 bits per heavy atom. The van der Waals surface area contributed by atoms with Crippen LogP contribution >= 0.6 is 0 Å². The fourth-order valence-corrected chi connectivity index (χ4v) is 3.08. The maximum atomic E-state index is 2.56. The highest BCUT2D eigenvalue weighted by Crippen LogP contribution is 2.22. The molecule has 1 aliphatic heterocycles. The van der Waals surface area contributed by atoms with E-state index >= 15 is 0 Å². The van der Waals surface area contributed by atoms with Crippen molar-refractivity contribution in [3.05, 3.63) is 66.2 Å². The minimum Gasteiger partial charge on any atom is -0.300 e. The van der Waals surface area contributed by atoms with Crippen molar-refractivity contribution in [2.24, 2.45) is 0 Å². The molecular weight excluding hydrogens is 266 g/mol. The Hall–Kier alpha value is -1.86. The predicted octanol–water partition coefficient (Wildman–Crippen LogP) is 5.24. The van der Waals surface area contributed by atoms with Crippen LogP contribution in [0, 0.1) is 0 Å². The van der Waals surface area contributed by atoms with Crippen molar-refractivity contribution in [3.63, 3.8) is 0 Å². The highest BCUT2D eigenvalue weighted by Gasteiger charge is 2.08. The summed E-state index contributed by atoms with van der Waals surface area (Å²) in [6, 6.07) is 19.5. The van der Waals surface area contributed by atoms with Gasteiger partial charge in [-0.2, -0.15) is 0 Å². The lowest BCUT2D eigenvalue weighted by molar-refractivity contribution is 0.251. The van der Waals surface area contributed by atoms with E-state index in [1.165, 1.54) is 54.6 Å². The zero-order chi connectivity index (χ0) is 15.2. The summed E-state index contributed by atoms with van der Waals surface area (Å²) in [6.07, 6.45) is 6.50. The molecule has 1 aliphatic rings. The third kappa shape index (κ3) is 3.86. The maximum Gasteiger partial charge on any atom is 0.0169 e. The van der Waals surface area contributed by atoms with E-state index in [2.05, 4.69) is 72.5 Å². The zero-order valence-corrected chi connectivity index (χ0v) is 13.5. The van der Waals surface area contributed by atoms with E-state index in [4.69, 9.17) is 0 Å². The molecule has 0 aromatic heterocycles. The Kier molecular flexibility index (Phi) is 5.07. The van der Waals surface area contributed by atoms with Crippen molar-refractivity contribution < 1.29 is 0 Å². The molecule has 0 atom stereocenters. The van der Waals surface area contributed by atoms with Gasteiger partial charge in [0.05, 0.1) is 0 Å². The molecule has 22 heavy (non-hydrogen) atoms. The number of benzene rings is 2. The van der Waals surface area contributed by atoms with Crippen molar-refractivity contribution in [2.45, 2.75) is 26.2 Å². The van der Waals surface area contributed by atoms with Gasteiger partial charge in [-0.1, -0.05) is 67.1 Å². The zero-order valence-electron chi connectivity index (χ0n) is 13.5. The van der Waals surface area contributed by atoms with Gasteiger partial charge in [0.1, 0.15) is 0 Å². The molecule has 0 amide bonds. The summed E-state index contributed by atoms with van der Waals surface area (Å²) in [7, 11) is 0. The summed E-state index contributed by atoms with van der Waals surface area (Å²) in [4.78, 5) is 2.56. The smallest absolute Gasteiger partial charge is 0.0169 e. The van der Waals surface area contributed by atoms with E-state index in [0.29, 0.717) is 0 Å². The molecule has 0 N–H and O–H groups in total. The van der Waals surface area contributed by atoms with Crippen molar-refractivity contribution in [1.29, 1.82) is 0 Å². The molecule has 0 unspecified atom stereocenters. The topological polar surface area (TPSA) is 3.24 Å². The van der Waals surface area contributed by atoms with Gasteiger partial charge in [-0.15, -0.1) is 0 Å². The molecule has 114 valence electrons. The van der Waals surface area contributed by atoms with Crippen LogP contribution in [0.3, 0.4) is 0 Å². The predicted molar refractivity (Wildman–Crippen MR) is 95.8 cm³/mol. The first kappa shape index (κ1) is 15.1. The van der Waals surface area contributed by atoms with E-state index in [9.17, 15) is 0 Å². The first-order valence-electron chi connectivity index (χ1n) is 8.38. The van der Waals surface area contributed by atoms with E-state index in [1.807, 2.05) is 0 Å². The van der Waals surface area contributed by atoms with Crippen LogP contribution in [0.25, 0.3) is 16.7 Å². The Morgan fingerprint density at radius 1 is 0.864 bits per heavy atom. The van der Waals surface area contributed by atoms with Crippen molar-refractivity contribution >= 4 is 5.57 Å². The molecule has 2 aromatic rings. The van der Waals surface area contributed by atoms with E-state index in [1.54, 1.807) is 0 Å². The van der Waals surface area contributed by atoms with Crippen LogP contribution in [0.2, 0.25) is 0 Å². The van der Waals surface area contributed by atoms with Gasteiger partial charge in [0.2, 0.25) is 0 Å². The second-order valence-electron chi connectivity index (χ2n) is 6.19. The number of piperidine rings is 1. The Bertz CT molecular complexity index is 604. The van der Waals surface area contributed by atoms with Crippen LogP contribution in [0.1, 0.15) is 31.7 Å². The molecule has 0 aliphatic carbocycles. The molecule has 0 radical (unpaired) electrons. The van der Waals surface area contributed by atoms with Crippen LogP contribution in [0.4, 0.5) is 0 Å². The van der Waals surface area contributed by atoms with Gasteiger partial charge in [0, 0.05) is 6.54 Å². The summed E-state index contributed by atoms with van der Waals surface area (Å²) < 4.78 is 0. The molecule has 1 heterocycles. The average molecular weight is 291 g/mol. The summed E-state index contributed by atoms with van der Waals surface area (Å²) >= 11 is 0. The molecule has 1 saturated heterocycles. The lowest BCUT2D eigenvalue weighted by Crippen LogP contribution is -2.29. The van der Waals surface area contributed by atoms with E-state index in [0.717, 1.165) is 6.54 Å². The van der Waals surface area contributed by atoms with Gasteiger partial charge in [-0.05, 0) is 55.1 Å². The normalized spacial score (nSPS) is 16.7. The monoisotopic (exact) mass is 291 g/mol. The summed E-state index contributed by atoms with van der Waals surface area (Å²) in [6.45, 7) is 5.83. The van der Waals surface area contributed by atoms with Gasteiger partial charge in [-0.3, -0.25) is 4.90 Å². The number of likely N-dealkylation sites (tertiary alicyclic amines) is 1. The second kappa shape index (κ2) is 7.42. The largest absolute Gasteiger partial charge is 0.300 e. The maximum absolute atomic E-state index is 2.56. The third-order valence-corrected chi connectivity index (χ3v) is 4.55. The van der Waals surface area contributed by atoms with Gasteiger partial charge >= 0.3 is 0 Å². The fraction of sp³-hybridized carbons (Fsp3) is 0.333. The number of hydrogen-bond donors (Lipinski definition) is 0. The van der Waals surface area contributed by atoms with Gasteiger partial charge < -0.3 is 0 Å². The molecule has 1 nitrogen and oxygen atoms in total. The molecule has 0 saturated carbocycles. The Balaban J connectivity index is 1.66. The number of hydrogen-bond acceptors (Lipinski definition) is 1. The van der Waals surface area contributed by atoms with Gasteiger partial charge in [-0.25, -0.2) is 0 Å². The van der Waals surface area contributed by atoms with Crippen molar-refractivity contribution in [1.82, 2.24) is 4.90 Å². The summed E-state index contributed by atoms with van der Waals surface area (Å²) in [5, 5.41) is 0. The lowest BCUT2D eigenvalue weighted by Gasteiger charge is -2.25. The molecule has 1 fully saturated rings. The number of nitrogens with zero attached hydrogens (tertiary/aromatic N) is 1. The van der Waals surface area contributed by atoms with Crippen LogP contribution in [0.5, 0.6) is 0 Å². The second-order valence-corrected chi connectivity index (χ2v) is 6.19. The number of rotatable bonds is 4. The van der Waals surface area contributed by atoms with Gasteiger partial charge in [0.25, 0.3) is 0 Å². The van der Waals surface area contributed by atoms with E-state index < -0.39 is 0 Å². The van der Waals surface area contributed by atoms with E-state index in [-0.39, 0.29) is 0 Å². The quantitative estimate of drug-likeness (QED) is 0.744. The Morgan fingerprint density at radius 3 is 2.18 bits per heavy atom. The number of allylic oxidation sites excluding steroid dienone is 1. The van der Waals surface area contributed by atoms with Gasteiger partial charge in [0.15, 0.2) is 0 Å². The molecule has 2 aromatic carbocycles. The van der Waals surface area contributed by atoms with Crippen molar-refractivity contribution in [3.8, 4) is 11.1 Å². The fourth-order valence-electron chi connectivity index (χ4n) is 3.08. The molecule has 3 rings (SSSR count). The minimum atomic E-state index is 1.09. The molecule has 0 spiro atoms. The van der Waals surface area contributed by atoms with Crippen LogP contribution < -0.4 is 0 Å². The third-order valence-electron chi connectivity index (χ3n) is 4.55. The molecular formula is C21H25N. The first-order valence-corrected chi connectivity index (χ1v) is 8.38. The first-order chi connectivity index (χ1) is 10.8. The van der Waals surface area contributed by atoms with Crippen LogP contribution in [-0.2, 0) is 0 Å². The molecule has 1 heteroatoms.